The van der Waals surface area contributed by atoms with Crippen molar-refractivity contribution in [1.82, 2.24) is 4.90 Å². The van der Waals surface area contributed by atoms with Crippen LogP contribution in [0.15, 0.2) is 11.6 Å². The van der Waals surface area contributed by atoms with Crippen molar-refractivity contribution in [2.24, 2.45) is 0 Å². The molecule has 0 spiro atoms. The number of allylic oxidation sites excluding steroid dienone is 1. The first-order valence-corrected chi connectivity index (χ1v) is 4.55. The van der Waals surface area contributed by atoms with E-state index in [1.54, 1.807) is 6.08 Å². The highest BCUT2D eigenvalue weighted by Crippen LogP contribution is 2.17. The summed E-state index contributed by atoms with van der Waals surface area (Å²) >= 11 is 0. The Morgan fingerprint density at radius 2 is 2.00 bits per heavy atom. The molecule has 0 atom stereocenters. The fourth-order valence-corrected chi connectivity index (χ4v) is 1.56. The molecule has 1 fully saturated rings. The van der Waals surface area contributed by atoms with Gasteiger partial charge in [0.2, 0.25) is 0 Å². The van der Waals surface area contributed by atoms with Crippen molar-refractivity contribution in [3.05, 3.63) is 11.6 Å². The molecular formula is C10H16N2. The molecule has 0 bridgehead atoms. The van der Waals surface area contributed by atoms with Crippen molar-refractivity contribution in [1.29, 1.82) is 5.26 Å². The Hall–Kier alpha value is -0.810. The zero-order valence-electron chi connectivity index (χ0n) is 7.88. The van der Waals surface area contributed by atoms with Crippen LogP contribution in [0, 0.1) is 11.3 Å². The molecule has 0 amide bonds. The van der Waals surface area contributed by atoms with E-state index in [-0.39, 0.29) is 0 Å². The largest absolute Gasteiger partial charge is 0.300 e. The lowest BCUT2D eigenvalue weighted by Crippen LogP contribution is -2.36. The molecule has 0 aromatic rings. The summed E-state index contributed by atoms with van der Waals surface area (Å²) in [4.78, 5) is 2.45. The summed E-state index contributed by atoms with van der Waals surface area (Å²) in [6, 6.07) is 2.75. The average molecular weight is 164 g/mol. The third-order valence-electron chi connectivity index (χ3n) is 2.44. The predicted molar refractivity (Wildman–Crippen MR) is 49.6 cm³/mol. The second-order valence-electron chi connectivity index (χ2n) is 3.56. The van der Waals surface area contributed by atoms with Crippen molar-refractivity contribution in [2.45, 2.75) is 32.7 Å². The van der Waals surface area contributed by atoms with Crippen molar-refractivity contribution in [2.75, 3.05) is 13.1 Å². The van der Waals surface area contributed by atoms with E-state index >= 15 is 0 Å². The van der Waals surface area contributed by atoms with Gasteiger partial charge >= 0.3 is 0 Å². The zero-order valence-corrected chi connectivity index (χ0v) is 7.88. The van der Waals surface area contributed by atoms with Gasteiger partial charge in [0.05, 0.1) is 6.07 Å². The summed E-state index contributed by atoms with van der Waals surface area (Å²) < 4.78 is 0. The minimum absolute atomic E-state index is 0.647. The second kappa shape index (κ2) is 4.27. The zero-order chi connectivity index (χ0) is 8.97. The van der Waals surface area contributed by atoms with Gasteiger partial charge in [0, 0.05) is 25.2 Å². The van der Waals surface area contributed by atoms with Crippen LogP contribution >= 0.6 is 0 Å². The predicted octanol–water partition coefficient (Wildman–Crippen LogP) is 1.94. The third kappa shape index (κ3) is 2.35. The highest BCUT2D eigenvalue weighted by atomic mass is 15.1. The van der Waals surface area contributed by atoms with Crippen molar-refractivity contribution in [3.8, 4) is 6.07 Å². The van der Waals surface area contributed by atoms with E-state index < -0.39 is 0 Å². The summed E-state index contributed by atoms with van der Waals surface area (Å²) in [6.45, 7) is 6.67. The lowest BCUT2D eigenvalue weighted by molar-refractivity contribution is 0.207. The van der Waals surface area contributed by atoms with Gasteiger partial charge in [-0.2, -0.15) is 5.26 Å². The molecule has 0 saturated carbocycles. The van der Waals surface area contributed by atoms with Gasteiger partial charge in [0.15, 0.2) is 0 Å². The van der Waals surface area contributed by atoms with Crippen LogP contribution in [-0.4, -0.2) is 24.0 Å². The minimum atomic E-state index is 0.647. The standard InChI is InChI=1S/C10H16N2/c1-9(2)12-7-4-10(3-6-11)5-8-12/h3,9H,4-5,7-8H2,1-2H3. The molecular weight excluding hydrogens is 148 g/mol. The van der Waals surface area contributed by atoms with Gasteiger partial charge in [-0.1, -0.05) is 5.57 Å². The molecule has 0 aromatic carbocycles. The minimum Gasteiger partial charge on any atom is -0.300 e. The van der Waals surface area contributed by atoms with Gasteiger partial charge in [0.1, 0.15) is 0 Å². The molecule has 0 N–H and O–H groups in total. The number of hydrogen-bond acceptors (Lipinski definition) is 2. The van der Waals surface area contributed by atoms with Crippen LogP contribution in [0.4, 0.5) is 0 Å². The number of nitriles is 1. The summed E-state index contributed by atoms with van der Waals surface area (Å²) in [5, 5.41) is 8.45. The second-order valence-corrected chi connectivity index (χ2v) is 3.56. The SMILES string of the molecule is CC(C)N1CCC(=CC#N)CC1. The molecule has 0 radical (unpaired) electrons. The van der Waals surface area contributed by atoms with Gasteiger partial charge in [-0.3, -0.25) is 0 Å². The Labute approximate surface area is 74.5 Å². The monoisotopic (exact) mass is 164 g/mol. The van der Waals surface area contributed by atoms with Gasteiger partial charge in [-0.05, 0) is 26.7 Å². The maximum atomic E-state index is 8.45. The summed E-state index contributed by atoms with van der Waals surface area (Å²) in [6.07, 6.45) is 3.86. The van der Waals surface area contributed by atoms with E-state index in [1.165, 1.54) is 5.57 Å². The van der Waals surface area contributed by atoms with Crippen LogP contribution in [0.1, 0.15) is 26.7 Å². The first kappa shape index (κ1) is 9.28. The Morgan fingerprint density at radius 1 is 1.42 bits per heavy atom. The lowest BCUT2D eigenvalue weighted by atomic mass is 10.0. The molecule has 0 aromatic heterocycles. The van der Waals surface area contributed by atoms with Crippen LogP contribution < -0.4 is 0 Å². The first-order chi connectivity index (χ1) is 5.74. The van der Waals surface area contributed by atoms with Crippen LogP contribution in [0.25, 0.3) is 0 Å². The van der Waals surface area contributed by atoms with Gasteiger partial charge in [0.25, 0.3) is 0 Å². The van der Waals surface area contributed by atoms with Gasteiger partial charge in [-0.15, -0.1) is 0 Å². The quantitative estimate of drug-likeness (QED) is 0.554. The molecule has 1 aliphatic heterocycles. The molecule has 1 saturated heterocycles. The van der Waals surface area contributed by atoms with E-state index in [0.29, 0.717) is 6.04 Å². The van der Waals surface area contributed by atoms with E-state index in [4.69, 9.17) is 5.26 Å². The molecule has 2 heteroatoms. The molecule has 0 aliphatic carbocycles. The molecule has 1 heterocycles. The molecule has 2 nitrogen and oxygen atoms in total. The molecule has 12 heavy (non-hydrogen) atoms. The van der Waals surface area contributed by atoms with E-state index in [1.807, 2.05) is 0 Å². The lowest BCUT2D eigenvalue weighted by Gasteiger charge is -2.31. The number of rotatable bonds is 1. The maximum absolute atomic E-state index is 8.45. The Balaban J connectivity index is 2.41. The van der Waals surface area contributed by atoms with E-state index in [2.05, 4.69) is 24.8 Å². The highest BCUT2D eigenvalue weighted by Gasteiger charge is 2.15. The first-order valence-electron chi connectivity index (χ1n) is 4.55. The molecule has 1 rings (SSSR count). The number of hydrogen-bond donors (Lipinski definition) is 0. The molecule has 1 aliphatic rings. The Kier molecular flexibility index (Phi) is 3.31. The van der Waals surface area contributed by atoms with Crippen molar-refractivity contribution < 1.29 is 0 Å². The smallest absolute Gasteiger partial charge is 0.0911 e. The highest BCUT2D eigenvalue weighted by molar-refractivity contribution is 5.15. The summed E-state index contributed by atoms with van der Waals surface area (Å²) in [5.74, 6) is 0. The van der Waals surface area contributed by atoms with Gasteiger partial charge in [-0.25, -0.2) is 0 Å². The Bertz CT molecular complexity index is 200. The average Bonchev–Trinajstić information content (AvgIpc) is 2.06. The van der Waals surface area contributed by atoms with E-state index in [0.717, 1.165) is 25.9 Å². The number of nitrogens with zero attached hydrogens (tertiary/aromatic N) is 2. The van der Waals surface area contributed by atoms with Crippen LogP contribution in [-0.2, 0) is 0 Å². The molecule has 0 unspecified atom stereocenters. The summed E-state index contributed by atoms with van der Waals surface area (Å²) in [7, 11) is 0. The number of likely N-dealkylation sites (tertiary alicyclic amines) is 1. The fraction of sp³-hybridized carbons (Fsp3) is 0.700. The third-order valence-corrected chi connectivity index (χ3v) is 2.44. The number of piperidine rings is 1. The van der Waals surface area contributed by atoms with Crippen molar-refractivity contribution >= 4 is 0 Å². The van der Waals surface area contributed by atoms with Crippen LogP contribution in [0.2, 0.25) is 0 Å². The Morgan fingerprint density at radius 3 is 2.42 bits per heavy atom. The van der Waals surface area contributed by atoms with Crippen molar-refractivity contribution in [3.63, 3.8) is 0 Å². The van der Waals surface area contributed by atoms with E-state index in [9.17, 15) is 0 Å². The normalized spacial score (nSPS) is 19.3. The van der Waals surface area contributed by atoms with Crippen LogP contribution in [0.5, 0.6) is 0 Å². The topological polar surface area (TPSA) is 27.0 Å². The summed E-state index contributed by atoms with van der Waals surface area (Å²) in [5.41, 5.74) is 1.31. The van der Waals surface area contributed by atoms with Gasteiger partial charge < -0.3 is 4.90 Å². The molecule has 66 valence electrons. The maximum Gasteiger partial charge on any atom is 0.0911 e. The fourth-order valence-electron chi connectivity index (χ4n) is 1.56. The van der Waals surface area contributed by atoms with Crippen LogP contribution in [0.3, 0.4) is 0 Å².